The average Bonchev–Trinajstić information content (AvgIpc) is 3.55. The summed E-state index contributed by atoms with van der Waals surface area (Å²) < 4.78 is 69.2. The Hall–Kier alpha value is -8.52. The predicted molar refractivity (Wildman–Crippen MR) is 274 cm³/mol. The third-order valence-electron chi connectivity index (χ3n) is 11.0. The van der Waals surface area contributed by atoms with E-state index in [4.69, 9.17) is 67.3 Å². The maximum absolute atomic E-state index is 14.7. The van der Waals surface area contributed by atoms with E-state index in [9.17, 15) is 76.7 Å². The zero-order chi connectivity index (χ0) is 64.9. The number of hydrogen-bond acceptors (Lipinski definition) is 30. The third kappa shape index (κ3) is 28.0. The molecule has 12 atom stereocenters. The van der Waals surface area contributed by atoms with Crippen LogP contribution in [0.2, 0.25) is 0 Å². The van der Waals surface area contributed by atoms with Crippen LogP contribution in [0.1, 0.15) is 117 Å². The highest BCUT2D eigenvalue weighted by Crippen LogP contribution is 2.26. The Morgan fingerprint density at radius 1 is 0.310 bits per heavy atom. The first kappa shape index (κ1) is 75.5. The van der Waals surface area contributed by atoms with E-state index in [-0.39, 0.29) is 12.8 Å². The van der Waals surface area contributed by atoms with Gasteiger partial charge in [0, 0.05) is 122 Å². The topological polar surface area (TPSA) is 455 Å². The van der Waals surface area contributed by atoms with E-state index in [2.05, 4.69) is 16.0 Å². The number of carbonyl (C=O) groups is 16. The number of ether oxygens (including phenoxy) is 13. The van der Waals surface area contributed by atoms with Crippen molar-refractivity contribution in [1.82, 2.24) is 16.0 Å². The summed E-state index contributed by atoms with van der Waals surface area (Å²) in [6.45, 7) is 9.80. The molecule has 0 heterocycles. The molecule has 12 unspecified atom stereocenters. The van der Waals surface area contributed by atoms with Gasteiger partial charge in [-0.3, -0.25) is 76.7 Å². The van der Waals surface area contributed by atoms with Crippen molar-refractivity contribution in [2.75, 3.05) is 32.8 Å². The molecule has 0 aromatic carbocycles. The van der Waals surface area contributed by atoms with Gasteiger partial charge in [-0.05, 0) is 12.8 Å². The summed E-state index contributed by atoms with van der Waals surface area (Å²) in [5, 5.41) is 7.12. The number of nitrogens with one attached hydrogen (secondary N) is 3. The number of amides is 3. The van der Waals surface area contributed by atoms with E-state index in [1.54, 1.807) is 0 Å². The highest BCUT2D eigenvalue weighted by molar-refractivity contribution is 5.87. The van der Waals surface area contributed by atoms with Crippen molar-refractivity contribution < 1.29 is 138 Å². The molecule has 0 saturated heterocycles. The van der Waals surface area contributed by atoms with Gasteiger partial charge in [-0.25, -0.2) is 0 Å². The van der Waals surface area contributed by atoms with Crippen LogP contribution in [0.4, 0.5) is 0 Å². The van der Waals surface area contributed by atoms with Gasteiger partial charge >= 0.3 is 77.6 Å². The van der Waals surface area contributed by atoms with Gasteiger partial charge in [0.2, 0.25) is 18.3 Å². The molecule has 3 amide bonds. The van der Waals surface area contributed by atoms with Crippen LogP contribution in [0.25, 0.3) is 0 Å². The number of hydrogen-bond donors (Lipinski definition) is 4. The zero-order valence-electron chi connectivity index (χ0n) is 49.3. The highest BCUT2D eigenvalue weighted by Gasteiger charge is 2.50. The molecule has 0 aliphatic heterocycles. The first-order valence-corrected chi connectivity index (χ1v) is 25.7. The van der Waals surface area contributed by atoms with Crippen molar-refractivity contribution in [2.24, 2.45) is 11.1 Å². The largest absolute Gasteiger partial charge is 0.462 e. The summed E-state index contributed by atoms with van der Waals surface area (Å²) in [5.74, 6) is -18.7. The lowest BCUT2D eigenvalue weighted by molar-refractivity contribution is -0.203. The molecule has 0 rings (SSSR count). The fourth-order valence-electron chi connectivity index (χ4n) is 7.79. The van der Waals surface area contributed by atoms with Crippen LogP contribution in [0.15, 0.2) is 0 Å². The lowest BCUT2D eigenvalue weighted by atomic mass is 9.86. The Morgan fingerprint density at radius 2 is 0.524 bits per heavy atom. The van der Waals surface area contributed by atoms with E-state index in [1.165, 1.54) is 13.8 Å². The maximum atomic E-state index is 14.7. The van der Waals surface area contributed by atoms with Gasteiger partial charge < -0.3 is 83.3 Å². The van der Waals surface area contributed by atoms with Crippen molar-refractivity contribution in [3.05, 3.63) is 0 Å². The first-order chi connectivity index (χ1) is 38.9. The molecule has 5 N–H and O–H groups in total. The standard InChI is InChI=1S/C51H76N4O29/c1-16-36(73-24(4)57)39(76-27(7)60)42(79-30(10)63)45(82-33(13)66)48(69)53-20-51(19-52,21-54-49(70)46(83-34(14)67)43(80-31(11)64)40(77-28(8)61)37(17-2)74-25(5)58)22-55-50(71)47(84-35(15)68)44(81-32(12)65)41(78-29(9)62)38(75-26(6)59)18-72-23(3)56/h36-47H,16-22,52H2,1-15H3,(H,53,69)(H,54,70)(H,55,71). The number of nitrogens with two attached hydrogens (primary N) is 1. The lowest BCUT2D eigenvalue weighted by Crippen LogP contribution is -2.62. The maximum Gasteiger partial charge on any atom is 0.303 e. The van der Waals surface area contributed by atoms with Crippen molar-refractivity contribution in [3.8, 4) is 0 Å². The number of esters is 13. The van der Waals surface area contributed by atoms with Crippen LogP contribution in [0.5, 0.6) is 0 Å². The molecule has 0 saturated carbocycles. The minimum atomic E-state index is -2.44. The average molecular weight is 1210 g/mol. The van der Waals surface area contributed by atoms with Crippen LogP contribution >= 0.6 is 0 Å². The Balaban J connectivity index is 8.56. The van der Waals surface area contributed by atoms with E-state index < -0.39 is 207 Å². The summed E-state index contributed by atoms with van der Waals surface area (Å²) in [6, 6.07) is 0. The SMILES string of the molecule is CCC(OC(C)=O)C(OC(C)=O)C(OC(C)=O)C(OC(C)=O)C(=O)NCC(CN)(CNC(=O)C(OC(C)=O)C(OC(C)=O)C(OC(C)=O)C(CC)OC(C)=O)CNC(=O)C(OC(C)=O)C(OC(C)=O)C(OC(C)=O)C(COC(C)=O)OC(C)=O. The van der Waals surface area contributed by atoms with Gasteiger partial charge in [0.15, 0.2) is 42.7 Å². The first-order valence-electron chi connectivity index (χ1n) is 25.7. The Labute approximate surface area is 482 Å². The van der Waals surface area contributed by atoms with Crippen molar-refractivity contribution >= 4 is 95.3 Å². The second-order valence-corrected chi connectivity index (χ2v) is 18.5. The molecule has 0 aliphatic rings. The normalized spacial score (nSPS) is 15.8. The van der Waals surface area contributed by atoms with Gasteiger partial charge in [-0.2, -0.15) is 0 Å². The van der Waals surface area contributed by atoms with Gasteiger partial charge in [0.05, 0.1) is 0 Å². The minimum absolute atomic E-state index is 0.165. The molecule has 474 valence electrons. The van der Waals surface area contributed by atoms with Gasteiger partial charge in [0.25, 0.3) is 17.7 Å². The summed E-state index contributed by atoms with van der Waals surface area (Å²) in [4.78, 5) is 206. The summed E-state index contributed by atoms with van der Waals surface area (Å²) in [7, 11) is 0. The van der Waals surface area contributed by atoms with E-state index >= 15 is 0 Å². The molecule has 0 aliphatic carbocycles. The van der Waals surface area contributed by atoms with Crippen LogP contribution in [0.3, 0.4) is 0 Å². The zero-order valence-corrected chi connectivity index (χ0v) is 49.3. The van der Waals surface area contributed by atoms with Crippen molar-refractivity contribution in [1.29, 1.82) is 0 Å². The number of carbonyl (C=O) groups excluding carboxylic acids is 16. The van der Waals surface area contributed by atoms with Crippen LogP contribution in [0, 0.1) is 5.41 Å². The fraction of sp³-hybridized carbons (Fsp3) is 0.686. The van der Waals surface area contributed by atoms with Gasteiger partial charge in [-0.1, -0.05) is 13.8 Å². The van der Waals surface area contributed by atoms with Gasteiger partial charge in [-0.15, -0.1) is 0 Å². The lowest BCUT2D eigenvalue weighted by Gasteiger charge is -2.38. The van der Waals surface area contributed by atoms with E-state index in [0.717, 1.165) is 90.0 Å². The second kappa shape index (κ2) is 36.8. The summed E-state index contributed by atoms with van der Waals surface area (Å²) in [6.07, 6.45) is -24.7. The Morgan fingerprint density at radius 3 is 0.726 bits per heavy atom. The smallest absolute Gasteiger partial charge is 0.303 e. The monoisotopic (exact) mass is 1210 g/mol. The predicted octanol–water partition coefficient (Wildman–Crippen LogP) is -2.16. The Bertz CT molecular complexity index is 2290. The molecule has 0 aromatic heterocycles. The van der Waals surface area contributed by atoms with Crippen LogP contribution < -0.4 is 21.7 Å². The van der Waals surface area contributed by atoms with Crippen molar-refractivity contribution in [2.45, 2.75) is 190 Å². The number of rotatable bonds is 35. The molecule has 0 bridgehead atoms. The Kier molecular flexibility index (Phi) is 33.1. The second-order valence-electron chi connectivity index (χ2n) is 18.5. The molecule has 0 radical (unpaired) electrons. The molecule has 0 spiro atoms. The highest BCUT2D eigenvalue weighted by atomic mass is 16.7. The van der Waals surface area contributed by atoms with E-state index in [1.807, 2.05) is 0 Å². The van der Waals surface area contributed by atoms with E-state index in [0.29, 0.717) is 0 Å². The molecule has 0 fully saturated rings. The molecule has 84 heavy (non-hydrogen) atoms. The van der Waals surface area contributed by atoms with Gasteiger partial charge in [0.1, 0.15) is 18.8 Å². The van der Waals surface area contributed by atoms with Crippen LogP contribution in [-0.4, -0.2) is 201 Å². The van der Waals surface area contributed by atoms with Crippen molar-refractivity contribution in [3.63, 3.8) is 0 Å². The fourth-order valence-corrected chi connectivity index (χ4v) is 7.79. The quantitative estimate of drug-likeness (QED) is 0.0388. The third-order valence-corrected chi connectivity index (χ3v) is 11.0. The minimum Gasteiger partial charge on any atom is -0.462 e. The molecule has 33 nitrogen and oxygen atoms in total. The molecule has 33 heteroatoms. The van der Waals surface area contributed by atoms with Crippen LogP contribution in [-0.2, 0) is 138 Å². The molecular weight excluding hydrogens is 1130 g/mol. The summed E-state index contributed by atoms with van der Waals surface area (Å²) >= 11 is 0. The summed E-state index contributed by atoms with van der Waals surface area (Å²) in [5.41, 5.74) is 4.30. The molecular formula is C51H76N4O29. The molecule has 0 aromatic rings.